The van der Waals surface area contributed by atoms with Crippen LogP contribution in [0.15, 0.2) is 54.2 Å². The van der Waals surface area contributed by atoms with Gasteiger partial charge in [-0.05, 0) is 62.4 Å². The predicted molar refractivity (Wildman–Crippen MR) is 112 cm³/mol. The summed E-state index contributed by atoms with van der Waals surface area (Å²) >= 11 is 0. The van der Waals surface area contributed by atoms with Crippen molar-refractivity contribution < 1.29 is 9.59 Å². The second kappa shape index (κ2) is 9.69. The Morgan fingerprint density at radius 2 is 1.96 bits per heavy atom. The summed E-state index contributed by atoms with van der Waals surface area (Å²) in [5.74, 6) is 0.342. The smallest absolute Gasteiger partial charge is 0.251 e. The molecule has 0 saturated carbocycles. The zero-order chi connectivity index (χ0) is 19.8. The fourth-order valence-electron chi connectivity index (χ4n) is 3.24. The Balaban J connectivity index is 1.58. The molecule has 1 aromatic heterocycles. The molecule has 0 aliphatic heterocycles. The Bertz CT molecular complexity index is 876. The van der Waals surface area contributed by atoms with E-state index < -0.39 is 0 Å². The highest BCUT2D eigenvalue weighted by Gasteiger charge is 2.09. The summed E-state index contributed by atoms with van der Waals surface area (Å²) in [6.45, 7) is 2.11. The molecule has 0 spiro atoms. The molecule has 28 heavy (non-hydrogen) atoms. The first-order chi connectivity index (χ1) is 13.6. The zero-order valence-corrected chi connectivity index (χ0v) is 16.1. The average Bonchev–Trinajstić information content (AvgIpc) is 2.69. The number of benzene rings is 1. The third kappa shape index (κ3) is 5.94. The summed E-state index contributed by atoms with van der Waals surface area (Å²) in [5.41, 5.74) is 3.49. The van der Waals surface area contributed by atoms with Crippen LogP contribution >= 0.6 is 0 Å². The van der Waals surface area contributed by atoms with Gasteiger partial charge in [0, 0.05) is 36.6 Å². The summed E-state index contributed by atoms with van der Waals surface area (Å²) in [7, 11) is 0. The fourth-order valence-corrected chi connectivity index (χ4v) is 3.24. The van der Waals surface area contributed by atoms with Crippen LogP contribution < -0.4 is 16.0 Å². The van der Waals surface area contributed by atoms with E-state index in [0.717, 1.165) is 24.9 Å². The van der Waals surface area contributed by atoms with Crippen molar-refractivity contribution in [3.05, 3.63) is 59.8 Å². The van der Waals surface area contributed by atoms with Crippen molar-refractivity contribution in [3.8, 4) is 0 Å². The van der Waals surface area contributed by atoms with E-state index in [9.17, 15) is 9.59 Å². The highest BCUT2D eigenvalue weighted by molar-refractivity contribution is 5.95. The molecule has 0 radical (unpaired) electrons. The number of aromatic nitrogens is 1. The molecule has 0 bridgehead atoms. The van der Waals surface area contributed by atoms with Gasteiger partial charge in [-0.1, -0.05) is 17.7 Å². The number of nitrogens with zero attached hydrogens (tertiary/aromatic N) is 1. The molecular weight excluding hydrogens is 352 g/mol. The Kier molecular flexibility index (Phi) is 6.78. The summed E-state index contributed by atoms with van der Waals surface area (Å²) in [5, 5.41) is 8.90. The summed E-state index contributed by atoms with van der Waals surface area (Å²) in [6.07, 6.45) is 9.66. The maximum Gasteiger partial charge on any atom is 0.251 e. The van der Waals surface area contributed by atoms with E-state index in [-0.39, 0.29) is 11.8 Å². The van der Waals surface area contributed by atoms with Gasteiger partial charge in [0.2, 0.25) is 5.91 Å². The molecule has 0 unspecified atom stereocenters. The van der Waals surface area contributed by atoms with Crippen LogP contribution in [0.3, 0.4) is 0 Å². The van der Waals surface area contributed by atoms with Crippen LogP contribution in [0.5, 0.6) is 0 Å². The SMILES string of the molecule is CC(=O)Nc1cccc(Nc2cc(C(=O)NCCC3=CCCCC3)ccn2)c1. The summed E-state index contributed by atoms with van der Waals surface area (Å²) in [4.78, 5) is 27.9. The van der Waals surface area contributed by atoms with E-state index in [0.29, 0.717) is 23.6 Å². The van der Waals surface area contributed by atoms with Gasteiger partial charge in [0.1, 0.15) is 5.82 Å². The van der Waals surface area contributed by atoms with Crippen LogP contribution in [0.25, 0.3) is 0 Å². The van der Waals surface area contributed by atoms with Crippen LogP contribution in [0.2, 0.25) is 0 Å². The van der Waals surface area contributed by atoms with Crippen molar-refractivity contribution in [3.63, 3.8) is 0 Å². The number of anilines is 3. The molecule has 3 rings (SSSR count). The highest BCUT2D eigenvalue weighted by atomic mass is 16.2. The topological polar surface area (TPSA) is 83.1 Å². The minimum atomic E-state index is -0.127. The lowest BCUT2D eigenvalue weighted by Crippen LogP contribution is -2.25. The quantitative estimate of drug-likeness (QED) is 0.624. The molecule has 0 saturated heterocycles. The van der Waals surface area contributed by atoms with Gasteiger partial charge in [0.15, 0.2) is 0 Å². The molecule has 6 nitrogen and oxygen atoms in total. The van der Waals surface area contributed by atoms with E-state index in [1.807, 2.05) is 24.3 Å². The third-order valence-corrected chi connectivity index (χ3v) is 4.59. The van der Waals surface area contributed by atoms with E-state index in [2.05, 4.69) is 27.0 Å². The fraction of sp³-hybridized carbons (Fsp3) is 0.318. The van der Waals surface area contributed by atoms with Gasteiger partial charge in [-0.15, -0.1) is 0 Å². The molecule has 0 atom stereocenters. The number of carbonyl (C=O) groups is 2. The second-order valence-corrected chi connectivity index (χ2v) is 6.93. The lowest BCUT2D eigenvalue weighted by Gasteiger charge is -2.13. The van der Waals surface area contributed by atoms with Crippen molar-refractivity contribution in [2.75, 3.05) is 17.2 Å². The van der Waals surface area contributed by atoms with Gasteiger partial charge >= 0.3 is 0 Å². The lowest BCUT2D eigenvalue weighted by atomic mass is 9.97. The number of rotatable bonds is 7. The molecule has 0 fully saturated rings. The molecule has 1 aliphatic rings. The van der Waals surface area contributed by atoms with E-state index in [1.165, 1.54) is 25.3 Å². The van der Waals surface area contributed by atoms with Gasteiger partial charge in [0.05, 0.1) is 0 Å². The highest BCUT2D eigenvalue weighted by Crippen LogP contribution is 2.20. The van der Waals surface area contributed by atoms with E-state index in [1.54, 1.807) is 18.3 Å². The number of nitrogens with one attached hydrogen (secondary N) is 3. The van der Waals surface area contributed by atoms with Crippen LogP contribution in [-0.2, 0) is 4.79 Å². The number of amides is 2. The van der Waals surface area contributed by atoms with Crippen molar-refractivity contribution in [2.45, 2.75) is 39.0 Å². The van der Waals surface area contributed by atoms with Crippen LogP contribution in [0, 0.1) is 0 Å². The molecule has 146 valence electrons. The minimum Gasteiger partial charge on any atom is -0.352 e. The molecular formula is C22H26N4O2. The standard InChI is InChI=1S/C22H26N4O2/c1-16(27)25-19-8-5-9-20(15-19)26-21-14-18(11-13-23-21)22(28)24-12-10-17-6-3-2-4-7-17/h5-6,8-9,11,13-15H,2-4,7,10,12H2,1H3,(H,23,26)(H,24,28)(H,25,27). The van der Waals surface area contributed by atoms with E-state index >= 15 is 0 Å². The largest absolute Gasteiger partial charge is 0.352 e. The first-order valence-electron chi connectivity index (χ1n) is 9.67. The molecule has 1 aromatic carbocycles. The molecule has 1 aliphatic carbocycles. The van der Waals surface area contributed by atoms with Crippen molar-refractivity contribution >= 4 is 29.0 Å². The van der Waals surface area contributed by atoms with E-state index in [4.69, 9.17) is 0 Å². The van der Waals surface area contributed by atoms with Crippen molar-refractivity contribution in [1.29, 1.82) is 0 Å². The Morgan fingerprint density at radius 1 is 1.11 bits per heavy atom. The predicted octanol–water partition coefficient (Wildman–Crippen LogP) is 4.40. The number of allylic oxidation sites excluding steroid dienone is 1. The van der Waals surface area contributed by atoms with Gasteiger partial charge < -0.3 is 16.0 Å². The van der Waals surface area contributed by atoms with Crippen LogP contribution in [0.1, 0.15) is 49.4 Å². The van der Waals surface area contributed by atoms with Gasteiger partial charge in [-0.2, -0.15) is 0 Å². The summed E-state index contributed by atoms with van der Waals surface area (Å²) < 4.78 is 0. The zero-order valence-electron chi connectivity index (χ0n) is 16.1. The van der Waals surface area contributed by atoms with Crippen LogP contribution in [0.4, 0.5) is 17.2 Å². The van der Waals surface area contributed by atoms with Gasteiger partial charge in [-0.25, -0.2) is 4.98 Å². The minimum absolute atomic E-state index is 0.103. The maximum atomic E-state index is 12.4. The van der Waals surface area contributed by atoms with Crippen molar-refractivity contribution in [1.82, 2.24) is 10.3 Å². The Morgan fingerprint density at radius 3 is 2.75 bits per heavy atom. The Hall–Kier alpha value is -3.15. The molecule has 2 aromatic rings. The Labute approximate surface area is 165 Å². The maximum absolute atomic E-state index is 12.4. The lowest BCUT2D eigenvalue weighted by molar-refractivity contribution is -0.114. The normalized spacial score (nSPS) is 13.4. The number of hydrogen-bond acceptors (Lipinski definition) is 4. The van der Waals surface area contributed by atoms with Gasteiger partial charge in [0.25, 0.3) is 5.91 Å². The van der Waals surface area contributed by atoms with Gasteiger partial charge in [-0.3, -0.25) is 9.59 Å². The molecule has 1 heterocycles. The molecule has 2 amide bonds. The first-order valence-corrected chi connectivity index (χ1v) is 9.67. The first kappa shape index (κ1) is 19.6. The van der Waals surface area contributed by atoms with Crippen LogP contribution in [-0.4, -0.2) is 23.3 Å². The summed E-state index contributed by atoms with van der Waals surface area (Å²) in [6, 6.07) is 10.8. The second-order valence-electron chi connectivity index (χ2n) is 6.93. The third-order valence-electron chi connectivity index (χ3n) is 4.59. The average molecular weight is 378 g/mol. The molecule has 6 heteroatoms. The number of carbonyl (C=O) groups excluding carboxylic acids is 2. The monoisotopic (exact) mass is 378 g/mol. The number of hydrogen-bond donors (Lipinski definition) is 3. The molecule has 3 N–H and O–H groups in total. The van der Waals surface area contributed by atoms with Crippen molar-refractivity contribution in [2.24, 2.45) is 0 Å². The number of pyridine rings is 1.